The molecule has 16 heavy (non-hydrogen) atoms. The Kier molecular flexibility index (Phi) is 2.78. The Labute approximate surface area is 92.3 Å². The van der Waals surface area contributed by atoms with E-state index in [2.05, 4.69) is 0 Å². The summed E-state index contributed by atoms with van der Waals surface area (Å²) >= 11 is 0. The van der Waals surface area contributed by atoms with Crippen molar-refractivity contribution >= 4 is 5.97 Å². The first-order valence-corrected chi connectivity index (χ1v) is 5.10. The van der Waals surface area contributed by atoms with Crippen LogP contribution in [0.5, 0.6) is 0 Å². The molecule has 0 amide bonds. The Hall–Kier alpha value is -1.62. The van der Waals surface area contributed by atoms with Gasteiger partial charge in [-0.1, -0.05) is 0 Å². The maximum atomic E-state index is 11.6. The van der Waals surface area contributed by atoms with Crippen LogP contribution < -0.4 is 5.56 Å². The molecule has 5 heteroatoms. The van der Waals surface area contributed by atoms with Crippen LogP contribution in [-0.4, -0.2) is 28.9 Å². The minimum atomic E-state index is -1.02. The lowest BCUT2D eigenvalue weighted by Crippen LogP contribution is -2.37. The summed E-state index contributed by atoms with van der Waals surface area (Å²) in [4.78, 5) is 22.3. The van der Waals surface area contributed by atoms with Crippen molar-refractivity contribution in [3.8, 4) is 0 Å². The molecule has 0 spiro atoms. The van der Waals surface area contributed by atoms with Gasteiger partial charge in [-0.3, -0.25) is 4.79 Å². The number of methoxy groups -OCH3 is 1. The molecule has 1 fully saturated rings. The fraction of sp³-hybridized carbons (Fsp3) is 0.455. The largest absolute Gasteiger partial charge is 0.478 e. The molecule has 0 saturated heterocycles. The van der Waals surface area contributed by atoms with Gasteiger partial charge in [0.25, 0.3) is 5.56 Å². The van der Waals surface area contributed by atoms with Gasteiger partial charge in [-0.15, -0.1) is 0 Å². The third kappa shape index (κ3) is 1.86. The highest BCUT2D eigenvalue weighted by molar-refractivity contribution is 5.87. The quantitative estimate of drug-likeness (QED) is 0.826. The van der Waals surface area contributed by atoms with Gasteiger partial charge in [0.1, 0.15) is 0 Å². The Morgan fingerprint density at radius 2 is 2.19 bits per heavy atom. The molecule has 0 atom stereocenters. The van der Waals surface area contributed by atoms with Crippen molar-refractivity contribution < 1.29 is 14.6 Å². The summed E-state index contributed by atoms with van der Waals surface area (Å²) in [5.41, 5.74) is -0.0231. The maximum absolute atomic E-state index is 11.6. The van der Waals surface area contributed by atoms with E-state index in [-0.39, 0.29) is 23.3 Å². The van der Waals surface area contributed by atoms with Crippen LogP contribution in [0.4, 0.5) is 0 Å². The molecule has 1 heterocycles. The zero-order chi connectivity index (χ0) is 11.7. The van der Waals surface area contributed by atoms with E-state index in [0.717, 1.165) is 12.8 Å². The van der Waals surface area contributed by atoms with Crippen LogP contribution in [0.1, 0.15) is 29.2 Å². The molecular formula is C11H13NO4. The van der Waals surface area contributed by atoms with Gasteiger partial charge in [0, 0.05) is 25.4 Å². The van der Waals surface area contributed by atoms with E-state index in [0.29, 0.717) is 0 Å². The minimum absolute atomic E-state index is 0.0664. The summed E-state index contributed by atoms with van der Waals surface area (Å²) in [6.07, 6.45) is 3.12. The van der Waals surface area contributed by atoms with Gasteiger partial charge in [-0.05, 0) is 18.9 Å². The molecule has 86 valence electrons. The highest BCUT2D eigenvalue weighted by Crippen LogP contribution is 2.32. The lowest BCUT2D eigenvalue weighted by atomic mass is 9.89. The Balaban J connectivity index is 2.24. The summed E-state index contributed by atoms with van der Waals surface area (Å²) in [6.45, 7) is 0. The maximum Gasteiger partial charge on any atom is 0.337 e. The predicted molar refractivity (Wildman–Crippen MR) is 56.7 cm³/mol. The second-order valence-electron chi connectivity index (χ2n) is 3.95. The highest BCUT2D eigenvalue weighted by Gasteiger charge is 2.31. The van der Waals surface area contributed by atoms with E-state index < -0.39 is 5.97 Å². The number of rotatable bonds is 3. The van der Waals surface area contributed by atoms with Crippen LogP contribution in [0.25, 0.3) is 0 Å². The van der Waals surface area contributed by atoms with Crippen LogP contribution in [0.15, 0.2) is 23.1 Å². The van der Waals surface area contributed by atoms with Crippen molar-refractivity contribution in [2.75, 3.05) is 7.11 Å². The number of nitrogens with zero attached hydrogens (tertiary/aromatic N) is 1. The number of ether oxygens (including phenoxy) is 1. The summed E-state index contributed by atoms with van der Waals surface area (Å²) in [6, 6.07) is 2.69. The van der Waals surface area contributed by atoms with Crippen LogP contribution in [-0.2, 0) is 4.74 Å². The number of aromatic nitrogens is 1. The van der Waals surface area contributed by atoms with Gasteiger partial charge in [0.05, 0.1) is 11.7 Å². The topological polar surface area (TPSA) is 68.5 Å². The van der Waals surface area contributed by atoms with Gasteiger partial charge >= 0.3 is 5.97 Å². The molecular weight excluding hydrogens is 210 g/mol. The number of carboxylic acids is 1. The lowest BCUT2D eigenvalue weighted by Gasteiger charge is -2.35. The predicted octanol–water partition coefficient (Wildman–Crippen LogP) is 0.896. The smallest absolute Gasteiger partial charge is 0.337 e. The van der Waals surface area contributed by atoms with Gasteiger partial charge < -0.3 is 14.4 Å². The molecule has 1 aliphatic carbocycles. The van der Waals surface area contributed by atoms with Crippen molar-refractivity contribution in [2.45, 2.75) is 25.0 Å². The first kappa shape index (κ1) is 10.9. The summed E-state index contributed by atoms with van der Waals surface area (Å²) in [5, 5.41) is 8.83. The van der Waals surface area contributed by atoms with Gasteiger partial charge in [-0.2, -0.15) is 0 Å². The van der Waals surface area contributed by atoms with Crippen molar-refractivity contribution in [1.82, 2.24) is 4.57 Å². The average molecular weight is 223 g/mol. The van der Waals surface area contributed by atoms with Gasteiger partial charge in [0.2, 0.25) is 0 Å². The van der Waals surface area contributed by atoms with E-state index in [1.54, 1.807) is 7.11 Å². The number of carboxylic acid groups (broad SMARTS) is 1. The van der Waals surface area contributed by atoms with Crippen LogP contribution in [0.2, 0.25) is 0 Å². The Morgan fingerprint density at radius 3 is 2.75 bits per heavy atom. The van der Waals surface area contributed by atoms with Crippen LogP contribution in [0, 0.1) is 0 Å². The highest BCUT2D eigenvalue weighted by atomic mass is 16.5. The lowest BCUT2D eigenvalue weighted by molar-refractivity contribution is 0.00508. The molecule has 0 aromatic carbocycles. The molecule has 0 unspecified atom stereocenters. The van der Waals surface area contributed by atoms with Crippen molar-refractivity contribution in [2.24, 2.45) is 0 Å². The van der Waals surface area contributed by atoms with E-state index in [9.17, 15) is 9.59 Å². The van der Waals surface area contributed by atoms with E-state index in [4.69, 9.17) is 9.84 Å². The van der Waals surface area contributed by atoms with Gasteiger partial charge in [0.15, 0.2) is 0 Å². The molecule has 2 rings (SSSR count). The molecule has 0 radical (unpaired) electrons. The third-order valence-electron chi connectivity index (χ3n) is 2.98. The van der Waals surface area contributed by atoms with Gasteiger partial charge in [-0.25, -0.2) is 4.79 Å². The van der Waals surface area contributed by atoms with E-state index >= 15 is 0 Å². The zero-order valence-electron chi connectivity index (χ0n) is 8.92. The normalized spacial score (nSPS) is 23.8. The fourth-order valence-electron chi connectivity index (χ4n) is 1.87. The van der Waals surface area contributed by atoms with E-state index in [1.807, 2.05) is 0 Å². The van der Waals surface area contributed by atoms with Crippen LogP contribution >= 0.6 is 0 Å². The first-order chi connectivity index (χ1) is 7.61. The molecule has 5 nitrogen and oxygen atoms in total. The summed E-state index contributed by atoms with van der Waals surface area (Å²) in [5.74, 6) is -1.02. The zero-order valence-corrected chi connectivity index (χ0v) is 8.92. The molecule has 1 N–H and O–H groups in total. The monoisotopic (exact) mass is 223 g/mol. The number of aromatic carboxylic acids is 1. The summed E-state index contributed by atoms with van der Waals surface area (Å²) in [7, 11) is 1.64. The molecule has 0 bridgehead atoms. The average Bonchev–Trinajstić information content (AvgIpc) is 2.18. The van der Waals surface area contributed by atoms with Crippen molar-refractivity contribution in [3.63, 3.8) is 0 Å². The first-order valence-electron chi connectivity index (χ1n) is 5.10. The van der Waals surface area contributed by atoms with Crippen LogP contribution in [0.3, 0.4) is 0 Å². The second-order valence-corrected chi connectivity index (χ2v) is 3.95. The molecule has 1 aromatic heterocycles. The molecule has 0 aliphatic heterocycles. The SMILES string of the molecule is COC1CC(n2cc(C(=O)O)ccc2=O)C1. The molecule has 1 aliphatic rings. The molecule has 1 saturated carbocycles. The fourth-order valence-corrected chi connectivity index (χ4v) is 1.87. The Bertz CT molecular complexity index is 459. The molecule has 1 aromatic rings. The van der Waals surface area contributed by atoms with Crippen molar-refractivity contribution in [1.29, 1.82) is 0 Å². The number of hydrogen-bond donors (Lipinski definition) is 1. The second kappa shape index (κ2) is 4.09. The number of carbonyl (C=O) groups is 1. The number of hydrogen-bond acceptors (Lipinski definition) is 3. The Morgan fingerprint density at radius 1 is 1.50 bits per heavy atom. The summed E-state index contributed by atoms with van der Waals surface area (Å²) < 4.78 is 6.61. The third-order valence-corrected chi connectivity index (χ3v) is 2.98. The standard InChI is InChI=1S/C11H13NO4/c1-16-9-4-8(5-9)12-6-7(11(14)15)2-3-10(12)13/h2-3,6,8-9H,4-5H2,1H3,(H,14,15). The number of pyridine rings is 1. The minimum Gasteiger partial charge on any atom is -0.478 e. The van der Waals surface area contributed by atoms with Crippen molar-refractivity contribution in [3.05, 3.63) is 34.2 Å². The van der Waals surface area contributed by atoms with E-state index in [1.165, 1.54) is 22.9 Å².